The highest BCUT2D eigenvalue weighted by Gasteiger charge is 2.33. The molecule has 8 nitrogen and oxygen atoms in total. The van der Waals surface area contributed by atoms with E-state index >= 15 is 0 Å². The lowest BCUT2D eigenvalue weighted by Gasteiger charge is -2.38. The standard InChI is InChI=1S/C30H35FN6O2.CH4/c1-5-30(2,3)27(39)37-26(38)14-17-32-28(37)34(4)23-15-18-35(19-16-23)29-33-24-8-6-7-9-25(24)36(29)20-21-10-12-22(31)13-11-21;/h6-14,17,23H,5,15-16,18-20H2,1-4H3;1H4. The van der Waals surface area contributed by atoms with Crippen LogP contribution in [0.2, 0.25) is 0 Å². The molecule has 0 N–H and O–H groups in total. The fraction of sp³-hybridized carbons (Fsp3) is 0.419. The fourth-order valence-electron chi connectivity index (χ4n) is 5.14. The summed E-state index contributed by atoms with van der Waals surface area (Å²) in [5, 5.41) is 0. The van der Waals surface area contributed by atoms with Crippen LogP contribution in [0.5, 0.6) is 0 Å². The Kier molecular flexibility index (Phi) is 8.42. The van der Waals surface area contributed by atoms with Gasteiger partial charge in [0.2, 0.25) is 17.8 Å². The van der Waals surface area contributed by atoms with Crippen molar-refractivity contribution in [3.8, 4) is 0 Å². The quantitative estimate of drug-likeness (QED) is 0.300. The molecule has 0 saturated carbocycles. The summed E-state index contributed by atoms with van der Waals surface area (Å²) in [7, 11) is 1.91. The lowest BCUT2D eigenvalue weighted by atomic mass is 9.89. The number of anilines is 2. The number of fused-ring (bicyclic) bond motifs is 1. The van der Waals surface area contributed by atoms with E-state index in [0.29, 0.717) is 18.9 Å². The molecule has 2 aromatic heterocycles. The zero-order valence-electron chi connectivity index (χ0n) is 23.0. The Labute approximate surface area is 235 Å². The summed E-state index contributed by atoms with van der Waals surface area (Å²) >= 11 is 0. The molecule has 0 unspecified atom stereocenters. The number of carbonyl (C=O) groups excluding carboxylic acids is 1. The van der Waals surface area contributed by atoms with Gasteiger partial charge in [-0.15, -0.1) is 0 Å². The number of rotatable bonds is 7. The van der Waals surface area contributed by atoms with E-state index in [1.165, 1.54) is 29.0 Å². The van der Waals surface area contributed by atoms with Crippen LogP contribution in [0.25, 0.3) is 11.0 Å². The molecule has 2 aromatic carbocycles. The summed E-state index contributed by atoms with van der Waals surface area (Å²) in [5.74, 6) is 0.781. The molecule has 3 heterocycles. The van der Waals surface area contributed by atoms with Gasteiger partial charge in [-0.05, 0) is 49.1 Å². The first-order chi connectivity index (χ1) is 18.7. The van der Waals surface area contributed by atoms with Crippen LogP contribution in [0.15, 0.2) is 65.6 Å². The predicted octanol–water partition coefficient (Wildman–Crippen LogP) is 5.60. The van der Waals surface area contributed by atoms with Gasteiger partial charge >= 0.3 is 0 Å². The first-order valence-electron chi connectivity index (χ1n) is 13.5. The molecule has 40 heavy (non-hydrogen) atoms. The maximum atomic E-state index is 13.5. The van der Waals surface area contributed by atoms with Crippen LogP contribution in [0.3, 0.4) is 0 Å². The summed E-state index contributed by atoms with van der Waals surface area (Å²) in [6.07, 6.45) is 3.72. The third-order valence-corrected chi connectivity index (χ3v) is 7.99. The molecule has 1 saturated heterocycles. The zero-order valence-corrected chi connectivity index (χ0v) is 23.0. The average Bonchev–Trinajstić information content (AvgIpc) is 3.31. The maximum Gasteiger partial charge on any atom is 0.261 e. The van der Waals surface area contributed by atoms with E-state index in [1.54, 1.807) is 0 Å². The van der Waals surface area contributed by atoms with Gasteiger partial charge < -0.3 is 14.4 Å². The van der Waals surface area contributed by atoms with Crippen molar-refractivity contribution in [3.05, 3.63) is 82.5 Å². The van der Waals surface area contributed by atoms with Crippen LogP contribution >= 0.6 is 0 Å². The molecular formula is C31H39FN6O2. The van der Waals surface area contributed by atoms with Gasteiger partial charge in [0.05, 0.1) is 17.6 Å². The van der Waals surface area contributed by atoms with E-state index in [1.807, 2.05) is 63.1 Å². The Morgan fingerprint density at radius 3 is 2.42 bits per heavy atom. The number of benzene rings is 2. The van der Waals surface area contributed by atoms with Crippen LogP contribution < -0.4 is 15.4 Å². The Morgan fingerprint density at radius 2 is 1.75 bits per heavy atom. The highest BCUT2D eigenvalue weighted by Crippen LogP contribution is 2.29. The number of para-hydroxylation sites is 2. The summed E-state index contributed by atoms with van der Waals surface area (Å²) < 4.78 is 16.9. The van der Waals surface area contributed by atoms with Crippen molar-refractivity contribution in [2.45, 2.75) is 60.0 Å². The molecule has 212 valence electrons. The first kappa shape index (κ1) is 29.0. The Morgan fingerprint density at radius 1 is 1.07 bits per heavy atom. The largest absolute Gasteiger partial charge is 0.342 e. The van der Waals surface area contributed by atoms with E-state index in [0.717, 1.165) is 48.5 Å². The van der Waals surface area contributed by atoms with Crippen molar-refractivity contribution in [1.82, 2.24) is 19.1 Å². The van der Waals surface area contributed by atoms with Crippen molar-refractivity contribution in [1.29, 1.82) is 0 Å². The summed E-state index contributed by atoms with van der Waals surface area (Å²) in [6.45, 7) is 7.76. The fourth-order valence-corrected chi connectivity index (χ4v) is 5.14. The monoisotopic (exact) mass is 546 g/mol. The average molecular weight is 547 g/mol. The zero-order chi connectivity index (χ0) is 27.7. The normalized spacial score (nSPS) is 14.3. The molecule has 0 radical (unpaired) electrons. The molecule has 1 aliphatic heterocycles. The molecule has 0 bridgehead atoms. The molecule has 0 amide bonds. The van der Waals surface area contributed by atoms with Crippen molar-refractivity contribution < 1.29 is 9.18 Å². The highest BCUT2D eigenvalue weighted by atomic mass is 19.1. The van der Waals surface area contributed by atoms with Gasteiger partial charge in [0, 0.05) is 43.9 Å². The van der Waals surface area contributed by atoms with E-state index < -0.39 is 5.41 Å². The molecule has 0 atom stereocenters. The minimum Gasteiger partial charge on any atom is -0.342 e. The first-order valence-corrected chi connectivity index (χ1v) is 13.5. The second-order valence-electron chi connectivity index (χ2n) is 10.9. The third kappa shape index (κ3) is 5.50. The second kappa shape index (κ2) is 11.6. The van der Waals surface area contributed by atoms with Crippen molar-refractivity contribution in [2.24, 2.45) is 5.41 Å². The van der Waals surface area contributed by atoms with E-state index in [4.69, 9.17) is 4.98 Å². The van der Waals surface area contributed by atoms with Gasteiger partial charge in [0.15, 0.2) is 0 Å². The van der Waals surface area contributed by atoms with Crippen LogP contribution in [0.1, 0.15) is 57.8 Å². The number of aromatic nitrogens is 4. The molecule has 0 spiro atoms. The molecule has 1 fully saturated rings. The lowest BCUT2D eigenvalue weighted by Crippen LogP contribution is -2.47. The molecule has 5 rings (SSSR count). The van der Waals surface area contributed by atoms with Crippen LogP contribution in [-0.2, 0) is 6.54 Å². The van der Waals surface area contributed by atoms with Gasteiger partial charge in [-0.3, -0.25) is 9.59 Å². The SMILES string of the molecule is C.CCC(C)(C)C(=O)n1c(N(C)C2CCN(c3nc4ccccc4n3Cc3ccc(F)cc3)CC2)nccc1=O. The molecule has 4 aromatic rings. The summed E-state index contributed by atoms with van der Waals surface area (Å²) in [5.41, 5.74) is 1.93. The summed E-state index contributed by atoms with van der Waals surface area (Å²) in [6, 6.07) is 16.1. The van der Waals surface area contributed by atoms with Crippen molar-refractivity contribution >= 4 is 28.8 Å². The molecular weight excluding hydrogens is 507 g/mol. The molecule has 1 aliphatic rings. The Balaban J connectivity index is 0.00000370. The number of halogens is 1. The van der Waals surface area contributed by atoms with E-state index in [-0.39, 0.29) is 30.8 Å². The number of nitrogens with zero attached hydrogens (tertiary/aromatic N) is 6. The third-order valence-electron chi connectivity index (χ3n) is 7.99. The maximum absolute atomic E-state index is 13.5. The van der Waals surface area contributed by atoms with Gasteiger partial charge in [-0.1, -0.05) is 52.5 Å². The highest BCUT2D eigenvalue weighted by molar-refractivity contribution is 5.86. The van der Waals surface area contributed by atoms with E-state index in [2.05, 4.69) is 20.5 Å². The number of piperidine rings is 1. The lowest BCUT2D eigenvalue weighted by molar-refractivity contribution is 0.0734. The minimum absolute atomic E-state index is 0. The summed E-state index contributed by atoms with van der Waals surface area (Å²) in [4.78, 5) is 39.8. The van der Waals surface area contributed by atoms with E-state index in [9.17, 15) is 14.0 Å². The van der Waals surface area contributed by atoms with Gasteiger partial charge in [-0.2, -0.15) is 0 Å². The number of hydrogen-bond acceptors (Lipinski definition) is 6. The minimum atomic E-state index is -0.671. The number of hydrogen-bond donors (Lipinski definition) is 0. The molecule has 9 heteroatoms. The Hall–Kier alpha value is -4.01. The van der Waals surface area contributed by atoms with Crippen LogP contribution in [0, 0.1) is 11.2 Å². The molecule has 0 aliphatic carbocycles. The van der Waals surface area contributed by atoms with Gasteiger partial charge in [0.25, 0.3) is 5.56 Å². The topological polar surface area (TPSA) is 76.3 Å². The van der Waals surface area contributed by atoms with Crippen LogP contribution in [-0.4, -0.2) is 51.2 Å². The Bertz CT molecular complexity index is 1530. The van der Waals surface area contributed by atoms with Gasteiger partial charge in [-0.25, -0.2) is 18.9 Å². The number of carbonyl (C=O) groups is 1. The number of imidazole rings is 1. The van der Waals surface area contributed by atoms with Crippen LogP contribution in [0.4, 0.5) is 16.3 Å². The van der Waals surface area contributed by atoms with Crippen molar-refractivity contribution in [2.75, 3.05) is 29.9 Å². The second-order valence-corrected chi connectivity index (χ2v) is 10.9. The van der Waals surface area contributed by atoms with Gasteiger partial charge in [0.1, 0.15) is 5.82 Å². The predicted molar refractivity (Wildman–Crippen MR) is 159 cm³/mol. The smallest absolute Gasteiger partial charge is 0.261 e. The van der Waals surface area contributed by atoms with Crippen molar-refractivity contribution in [3.63, 3.8) is 0 Å².